The molecule has 1 aromatic carbocycles. The number of aromatic nitrogens is 2. The van der Waals surface area contributed by atoms with Crippen LogP contribution in [-0.4, -0.2) is 10.1 Å². The highest BCUT2D eigenvalue weighted by Crippen LogP contribution is 2.19. The van der Waals surface area contributed by atoms with Crippen molar-refractivity contribution in [2.75, 3.05) is 5.32 Å². The summed E-state index contributed by atoms with van der Waals surface area (Å²) in [5, 5.41) is 7.85. The molecule has 1 aromatic heterocycles. The lowest BCUT2D eigenvalue weighted by atomic mass is 10.2. The average molecular weight is 258 g/mol. The van der Waals surface area contributed by atoms with Crippen LogP contribution in [0.4, 0.5) is 6.01 Å². The van der Waals surface area contributed by atoms with Gasteiger partial charge in [-0.25, -0.2) is 0 Å². The molecule has 84 valence electrons. The summed E-state index contributed by atoms with van der Waals surface area (Å²) in [6, 6.07) is 5.71. The molecule has 0 amide bonds. The van der Waals surface area contributed by atoms with Gasteiger partial charge in [0.1, 0.15) is 0 Å². The highest BCUT2D eigenvalue weighted by Gasteiger charge is 2.02. The second-order valence-electron chi connectivity index (χ2n) is 3.28. The predicted molar refractivity (Wildman–Crippen MR) is 62.8 cm³/mol. The molecule has 1 heterocycles. The van der Waals surface area contributed by atoms with Gasteiger partial charge in [0.15, 0.2) is 5.82 Å². The number of hydrogen-bond donors (Lipinski definition) is 1. The first kappa shape index (κ1) is 11.2. The molecule has 1 N–H and O–H groups in total. The normalized spacial score (nSPS) is 10.4. The summed E-state index contributed by atoms with van der Waals surface area (Å²) < 4.78 is 4.91. The number of nitrogens with zero attached hydrogens (tertiary/aromatic N) is 2. The van der Waals surface area contributed by atoms with Gasteiger partial charge in [0.25, 0.3) is 0 Å². The molecule has 0 bridgehead atoms. The summed E-state index contributed by atoms with van der Waals surface area (Å²) in [7, 11) is 0. The van der Waals surface area contributed by atoms with Crippen LogP contribution in [0.5, 0.6) is 0 Å². The van der Waals surface area contributed by atoms with E-state index in [0.717, 1.165) is 5.56 Å². The number of rotatable bonds is 3. The fourth-order valence-corrected chi connectivity index (χ4v) is 1.83. The number of nitrogens with one attached hydrogen (secondary N) is 1. The third-order valence-corrected chi connectivity index (χ3v) is 2.33. The lowest BCUT2D eigenvalue weighted by Gasteiger charge is -2.02. The Labute approximate surface area is 103 Å². The fourth-order valence-electron chi connectivity index (χ4n) is 1.26. The minimum atomic E-state index is 0.383. The molecule has 0 aliphatic carbocycles. The van der Waals surface area contributed by atoms with Crippen molar-refractivity contribution < 1.29 is 4.52 Å². The van der Waals surface area contributed by atoms with Gasteiger partial charge in [0.05, 0.1) is 0 Å². The standard InChI is InChI=1S/C10H9Cl2N3O/c1-6-14-10(16-15-6)13-5-7-2-8(11)4-9(12)3-7/h2-4H,5H2,1H3,(H,13,14,15). The third kappa shape index (κ3) is 2.87. The lowest BCUT2D eigenvalue weighted by Crippen LogP contribution is -1.99. The van der Waals surface area contributed by atoms with E-state index < -0.39 is 0 Å². The molecule has 4 nitrogen and oxygen atoms in total. The minimum Gasteiger partial charge on any atom is -0.334 e. The van der Waals surface area contributed by atoms with Crippen LogP contribution in [0.1, 0.15) is 11.4 Å². The molecule has 0 aliphatic heterocycles. The molecule has 0 radical (unpaired) electrons. The highest BCUT2D eigenvalue weighted by atomic mass is 35.5. The molecule has 0 saturated carbocycles. The van der Waals surface area contributed by atoms with E-state index in [4.69, 9.17) is 27.7 Å². The zero-order valence-electron chi connectivity index (χ0n) is 8.50. The molecular formula is C10H9Cl2N3O. The summed E-state index contributed by atoms with van der Waals surface area (Å²) in [6.45, 7) is 2.28. The maximum atomic E-state index is 5.87. The van der Waals surface area contributed by atoms with Gasteiger partial charge in [-0.3, -0.25) is 0 Å². The molecule has 0 atom stereocenters. The van der Waals surface area contributed by atoms with Crippen LogP contribution in [0.25, 0.3) is 0 Å². The third-order valence-electron chi connectivity index (χ3n) is 1.89. The molecule has 0 saturated heterocycles. The Morgan fingerprint density at radius 1 is 1.25 bits per heavy atom. The predicted octanol–water partition coefficient (Wildman–Crippen LogP) is 3.30. The maximum Gasteiger partial charge on any atom is 0.321 e. The smallest absolute Gasteiger partial charge is 0.321 e. The first-order chi connectivity index (χ1) is 7.63. The molecule has 16 heavy (non-hydrogen) atoms. The molecule has 2 rings (SSSR count). The van der Waals surface area contributed by atoms with Gasteiger partial charge >= 0.3 is 6.01 Å². The van der Waals surface area contributed by atoms with Gasteiger partial charge in [0.2, 0.25) is 0 Å². The summed E-state index contributed by atoms with van der Waals surface area (Å²) in [4.78, 5) is 4.02. The summed E-state index contributed by atoms with van der Waals surface area (Å²) in [5.41, 5.74) is 0.952. The molecular weight excluding hydrogens is 249 g/mol. The molecule has 0 unspecified atom stereocenters. The van der Waals surface area contributed by atoms with E-state index in [1.807, 2.05) is 12.1 Å². The molecule has 6 heteroatoms. The van der Waals surface area contributed by atoms with E-state index in [0.29, 0.717) is 28.4 Å². The fraction of sp³-hybridized carbons (Fsp3) is 0.200. The van der Waals surface area contributed by atoms with E-state index in [2.05, 4.69) is 15.5 Å². The summed E-state index contributed by atoms with van der Waals surface area (Å²) in [5.74, 6) is 0.589. The van der Waals surface area contributed by atoms with Crippen LogP contribution in [0.3, 0.4) is 0 Å². The Morgan fingerprint density at radius 3 is 2.50 bits per heavy atom. The van der Waals surface area contributed by atoms with Gasteiger partial charge in [-0.05, 0) is 30.7 Å². The van der Waals surface area contributed by atoms with E-state index >= 15 is 0 Å². The highest BCUT2D eigenvalue weighted by molar-refractivity contribution is 6.34. The second-order valence-corrected chi connectivity index (χ2v) is 4.15. The topological polar surface area (TPSA) is 51.0 Å². The van der Waals surface area contributed by atoms with E-state index in [1.54, 1.807) is 13.0 Å². The Bertz CT molecular complexity index is 478. The van der Waals surface area contributed by atoms with Crippen LogP contribution in [0.2, 0.25) is 10.0 Å². The van der Waals surface area contributed by atoms with Crippen molar-refractivity contribution in [1.82, 2.24) is 10.1 Å². The van der Waals surface area contributed by atoms with Crippen molar-refractivity contribution in [3.05, 3.63) is 39.6 Å². The maximum absolute atomic E-state index is 5.87. The SMILES string of the molecule is Cc1noc(NCc2cc(Cl)cc(Cl)c2)n1. The first-order valence-electron chi connectivity index (χ1n) is 4.62. The minimum absolute atomic E-state index is 0.383. The number of benzene rings is 1. The van der Waals surface area contributed by atoms with Crippen molar-refractivity contribution >= 4 is 29.2 Å². The van der Waals surface area contributed by atoms with Gasteiger partial charge in [-0.15, -0.1) is 0 Å². The van der Waals surface area contributed by atoms with Crippen LogP contribution < -0.4 is 5.32 Å². The Morgan fingerprint density at radius 2 is 1.94 bits per heavy atom. The average Bonchev–Trinajstić information content (AvgIpc) is 2.60. The first-order valence-corrected chi connectivity index (χ1v) is 5.38. The monoisotopic (exact) mass is 257 g/mol. The zero-order valence-corrected chi connectivity index (χ0v) is 10.0. The van der Waals surface area contributed by atoms with Gasteiger partial charge in [-0.2, -0.15) is 4.98 Å². The van der Waals surface area contributed by atoms with Crippen molar-refractivity contribution in [2.45, 2.75) is 13.5 Å². The summed E-state index contributed by atoms with van der Waals surface area (Å²) in [6.07, 6.45) is 0. The summed E-state index contributed by atoms with van der Waals surface area (Å²) >= 11 is 11.7. The van der Waals surface area contributed by atoms with E-state index in [-0.39, 0.29) is 0 Å². The quantitative estimate of drug-likeness (QED) is 0.917. The van der Waals surface area contributed by atoms with Crippen LogP contribution in [0.15, 0.2) is 22.7 Å². The van der Waals surface area contributed by atoms with Crippen LogP contribution >= 0.6 is 23.2 Å². The number of aryl methyl sites for hydroxylation is 1. The lowest BCUT2D eigenvalue weighted by molar-refractivity contribution is 0.425. The van der Waals surface area contributed by atoms with E-state index in [9.17, 15) is 0 Å². The van der Waals surface area contributed by atoms with Crippen LogP contribution in [0, 0.1) is 6.92 Å². The molecule has 2 aromatic rings. The van der Waals surface area contributed by atoms with Crippen LogP contribution in [-0.2, 0) is 6.54 Å². The van der Waals surface area contributed by atoms with Crippen molar-refractivity contribution in [2.24, 2.45) is 0 Å². The second kappa shape index (κ2) is 4.72. The van der Waals surface area contributed by atoms with Gasteiger partial charge in [0, 0.05) is 16.6 Å². The molecule has 0 fully saturated rings. The Kier molecular flexibility index (Phi) is 3.31. The van der Waals surface area contributed by atoms with E-state index in [1.165, 1.54) is 0 Å². The van der Waals surface area contributed by atoms with Gasteiger partial charge < -0.3 is 9.84 Å². The number of anilines is 1. The van der Waals surface area contributed by atoms with Gasteiger partial charge in [-0.1, -0.05) is 28.4 Å². The zero-order chi connectivity index (χ0) is 11.5. The Balaban J connectivity index is 2.04. The number of hydrogen-bond acceptors (Lipinski definition) is 4. The number of halogens is 2. The van der Waals surface area contributed by atoms with Crippen molar-refractivity contribution in [3.63, 3.8) is 0 Å². The molecule has 0 aliphatic rings. The van der Waals surface area contributed by atoms with Crippen molar-refractivity contribution in [3.8, 4) is 0 Å². The van der Waals surface area contributed by atoms with Crippen molar-refractivity contribution in [1.29, 1.82) is 0 Å². The largest absolute Gasteiger partial charge is 0.334 e. The Hall–Kier alpha value is -1.26. The molecule has 0 spiro atoms.